The highest BCUT2D eigenvalue weighted by Crippen LogP contribution is 2.38. The van der Waals surface area contributed by atoms with Gasteiger partial charge < -0.3 is 19.4 Å². The van der Waals surface area contributed by atoms with E-state index in [9.17, 15) is 9.59 Å². The minimum Gasteiger partial charge on any atom is -0.484 e. The van der Waals surface area contributed by atoms with E-state index in [-0.39, 0.29) is 24.2 Å². The number of esters is 1. The number of carbonyl (C=O) groups excluding carboxylic acids is 2. The van der Waals surface area contributed by atoms with Gasteiger partial charge in [-0.1, -0.05) is 35.9 Å². The van der Waals surface area contributed by atoms with Gasteiger partial charge in [0, 0.05) is 11.9 Å². The van der Waals surface area contributed by atoms with Crippen LogP contribution in [0.3, 0.4) is 0 Å². The second-order valence-electron chi connectivity index (χ2n) is 8.51. The third kappa shape index (κ3) is 6.22. The predicted octanol–water partition coefficient (Wildman–Crippen LogP) is 5.59. The van der Waals surface area contributed by atoms with Crippen LogP contribution in [-0.2, 0) is 36.0 Å². The van der Waals surface area contributed by atoms with Crippen LogP contribution in [0.1, 0.15) is 58.4 Å². The molecule has 4 rings (SSSR count). The molecule has 1 N–H and O–H groups in total. The third-order valence-electron chi connectivity index (χ3n) is 5.85. The minimum absolute atomic E-state index is 0.126. The van der Waals surface area contributed by atoms with Crippen molar-refractivity contribution in [2.45, 2.75) is 57.7 Å². The number of fused-ring (bicyclic) bond motifs is 1. The maximum atomic E-state index is 12.8. The summed E-state index contributed by atoms with van der Waals surface area (Å²) in [5.41, 5.74) is 2.60. The molecule has 8 nitrogen and oxygen atoms in total. The van der Waals surface area contributed by atoms with E-state index in [1.165, 1.54) is 28.0 Å². The summed E-state index contributed by atoms with van der Waals surface area (Å²) >= 11 is 8.96. The van der Waals surface area contributed by atoms with E-state index in [0.717, 1.165) is 43.2 Å². The lowest BCUT2D eigenvalue weighted by atomic mass is 10.1. The molecule has 2 aromatic heterocycles. The number of nitrogens with one attached hydrogen (secondary N) is 1. The van der Waals surface area contributed by atoms with Crippen LogP contribution in [-0.4, -0.2) is 39.0 Å². The first-order valence-electron chi connectivity index (χ1n) is 11.9. The first-order valence-corrected chi connectivity index (χ1v) is 14.1. The maximum Gasteiger partial charge on any atom is 0.341 e. The van der Waals surface area contributed by atoms with Crippen LogP contribution in [0.15, 0.2) is 23.4 Å². The zero-order valence-corrected chi connectivity index (χ0v) is 22.9. The first-order chi connectivity index (χ1) is 17.4. The number of carbonyl (C=O) groups is 2. The highest BCUT2D eigenvalue weighted by atomic mass is 35.5. The number of thioether (sulfide) groups is 1. The molecule has 0 aliphatic heterocycles. The van der Waals surface area contributed by atoms with Gasteiger partial charge in [0.05, 0.1) is 22.9 Å². The van der Waals surface area contributed by atoms with Crippen molar-refractivity contribution in [1.82, 2.24) is 14.8 Å². The predicted molar refractivity (Wildman–Crippen MR) is 142 cm³/mol. The van der Waals surface area contributed by atoms with Crippen LogP contribution >= 0.6 is 34.7 Å². The Kier molecular flexibility index (Phi) is 8.92. The summed E-state index contributed by atoms with van der Waals surface area (Å²) in [6.07, 6.45) is 5.03. The summed E-state index contributed by atoms with van der Waals surface area (Å²) in [5.74, 6) is 0.740. The second kappa shape index (κ2) is 12.1. The molecule has 1 aromatic carbocycles. The first kappa shape index (κ1) is 26.5. The van der Waals surface area contributed by atoms with Gasteiger partial charge in [0.2, 0.25) is 5.91 Å². The Labute approximate surface area is 223 Å². The van der Waals surface area contributed by atoms with Gasteiger partial charge >= 0.3 is 5.97 Å². The Morgan fingerprint density at radius 3 is 2.83 bits per heavy atom. The maximum absolute atomic E-state index is 12.8. The van der Waals surface area contributed by atoms with Gasteiger partial charge in [0.25, 0.3) is 0 Å². The Hall–Kier alpha value is -2.56. The van der Waals surface area contributed by atoms with Crippen LogP contribution < -0.4 is 10.1 Å². The molecule has 3 aromatic rings. The molecule has 0 radical (unpaired) electrons. The lowest BCUT2D eigenvalue weighted by Gasteiger charge is -2.09. The molecule has 1 aliphatic rings. The van der Waals surface area contributed by atoms with Gasteiger partial charge in [0.1, 0.15) is 17.4 Å². The van der Waals surface area contributed by atoms with Crippen molar-refractivity contribution >= 4 is 51.6 Å². The number of aryl methyl sites for hydroxylation is 2. The molecule has 0 saturated heterocycles. The second-order valence-corrected chi connectivity index (χ2v) is 11.0. The number of amides is 1. The van der Waals surface area contributed by atoms with E-state index in [2.05, 4.69) is 15.5 Å². The standard InChI is InChI=1S/C25H29ClN4O4S2/c1-4-33-24(32)22-16-8-6-5-7-9-19(16)36-23(22)27-21(31)14-35-25-29-28-20(30(25)3)13-34-18-12-15(2)10-11-17(18)26/h10-12H,4-9,13-14H2,1-3H3,(H,27,31). The van der Waals surface area contributed by atoms with Crippen LogP contribution in [0.5, 0.6) is 5.75 Å². The molecular formula is C25H29ClN4O4S2. The van der Waals surface area contributed by atoms with Crippen molar-refractivity contribution < 1.29 is 19.1 Å². The van der Waals surface area contributed by atoms with E-state index >= 15 is 0 Å². The van der Waals surface area contributed by atoms with E-state index in [0.29, 0.717) is 38.9 Å². The summed E-state index contributed by atoms with van der Waals surface area (Å²) in [5, 5.41) is 13.0. The molecule has 0 bridgehead atoms. The SMILES string of the molecule is CCOC(=O)c1c(NC(=O)CSc2nnc(COc3cc(C)ccc3Cl)n2C)sc2c1CCCCC2. The van der Waals surface area contributed by atoms with E-state index in [1.807, 2.05) is 26.1 Å². The fourth-order valence-corrected chi connectivity index (χ4v) is 6.20. The van der Waals surface area contributed by atoms with Crippen molar-refractivity contribution in [3.8, 4) is 5.75 Å². The molecule has 2 heterocycles. The van der Waals surface area contributed by atoms with Crippen LogP contribution in [0.2, 0.25) is 5.02 Å². The average molecular weight is 549 g/mol. The highest BCUT2D eigenvalue weighted by molar-refractivity contribution is 7.99. The van der Waals surface area contributed by atoms with E-state index in [4.69, 9.17) is 21.1 Å². The van der Waals surface area contributed by atoms with Gasteiger partial charge in [-0.05, 0) is 62.8 Å². The number of nitrogens with zero attached hydrogens (tertiary/aromatic N) is 3. The number of anilines is 1. The van der Waals surface area contributed by atoms with E-state index in [1.54, 1.807) is 17.6 Å². The lowest BCUT2D eigenvalue weighted by molar-refractivity contribution is -0.113. The molecule has 192 valence electrons. The van der Waals surface area contributed by atoms with Crippen LogP contribution in [0, 0.1) is 6.92 Å². The van der Waals surface area contributed by atoms with Crippen molar-refractivity contribution in [1.29, 1.82) is 0 Å². The van der Waals surface area contributed by atoms with Crippen molar-refractivity contribution in [2.75, 3.05) is 17.7 Å². The van der Waals surface area contributed by atoms with Gasteiger partial charge in [-0.25, -0.2) is 4.79 Å². The summed E-state index contributed by atoms with van der Waals surface area (Å²) in [7, 11) is 1.83. The summed E-state index contributed by atoms with van der Waals surface area (Å²) in [6.45, 7) is 4.24. The zero-order valence-electron chi connectivity index (χ0n) is 20.6. The summed E-state index contributed by atoms with van der Waals surface area (Å²) in [6, 6.07) is 5.58. The molecule has 1 amide bonds. The number of benzene rings is 1. The average Bonchev–Trinajstić information content (AvgIpc) is 3.28. The van der Waals surface area contributed by atoms with E-state index < -0.39 is 0 Å². The molecule has 0 fully saturated rings. The number of rotatable bonds is 9. The van der Waals surface area contributed by atoms with Crippen molar-refractivity contribution in [2.24, 2.45) is 7.05 Å². The number of halogens is 1. The van der Waals surface area contributed by atoms with Crippen LogP contribution in [0.4, 0.5) is 5.00 Å². The molecule has 0 atom stereocenters. The van der Waals surface area contributed by atoms with Gasteiger partial charge in [-0.15, -0.1) is 21.5 Å². The molecule has 0 spiro atoms. The minimum atomic E-state index is -0.369. The fraction of sp³-hybridized carbons (Fsp3) is 0.440. The normalized spacial score (nSPS) is 13.1. The molecular weight excluding hydrogens is 520 g/mol. The zero-order chi connectivity index (χ0) is 25.7. The molecule has 0 saturated carbocycles. The van der Waals surface area contributed by atoms with Gasteiger partial charge in [-0.3, -0.25) is 4.79 Å². The number of hydrogen-bond donors (Lipinski definition) is 1. The van der Waals surface area contributed by atoms with Gasteiger partial charge in [-0.2, -0.15) is 0 Å². The summed E-state index contributed by atoms with van der Waals surface area (Å²) in [4.78, 5) is 26.7. The number of thiophene rings is 1. The largest absolute Gasteiger partial charge is 0.484 e. The monoisotopic (exact) mass is 548 g/mol. The molecule has 1 aliphatic carbocycles. The Morgan fingerprint density at radius 1 is 1.22 bits per heavy atom. The quantitative estimate of drug-likeness (QED) is 0.211. The fourth-order valence-electron chi connectivity index (χ4n) is 4.00. The molecule has 36 heavy (non-hydrogen) atoms. The van der Waals surface area contributed by atoms with Gasteiger partial charge in [0.15, 0.2) is 11.0 Å². The van der Waals surface area contributed by atoms with Crippen LogP contribution in [0.25, 0.3) is 0 Å². The number of ether oxygens (including phenoxy) is 2. The third-order valence-corrected chi connectivity index (χ3v) is 8.39. The van der Waals surface area contributed by atoms with Crippen molar-refractivity contribution in [3.05, 3.63) is 50.6 Å². The Morgan fingerprint density at radius 2 is 2.03 bits per heavy atom. The highest BCUT2D eigenvalue weighted by Gasteiger charge is 2.26. The molecule has 0 unspecified atom stereocenters. The number of aromatic nitrogens is 3. The van der Waals surface area contributed by atoms with Crippen molar-refractivity contribution in [3.63, 3.8) is 0 Å². The molecule has 11 heteroatoms. The summed E-state index contributed by atoms with van der Waals surface area (Å²) < 4.78 is 12.9. The Bertz CT molecular complexity index is 1260. The number of hydrogen-bond acceptors (Lipinski definition) is 8. The lowest BCUT2D eigenvalue weighted by Crippen LogP contribution is -2.17. The smallest absolute Gasteiger partial charge is 0.341 e. The Balaban J connectivity index is 1.39. The topological polar surface area (TPSA) is 95.3 Å².